The van der Waals surface area contributed by atoms with Crippen molar-refractivity contribution < 1.29 is 14.7 Å². The van der Waals surface area contributed by atoms with E-state index < -0.39 is 17.8 Å². The van der Waals surface area contributed by atoms with E-state index in [2.05, 4.69) is 9.97 Å². The minimum absolute atomic E-state index is 0.260. The topological polar surface area (TPSA) is 109 Å². The molecule has 1 aromatic carbocycles. The molecule has 4 N–H and O–H groups in total. The van der Waals surface area contributed by atoms with E-state index >= 15 is 0 Å². The number of fused-ring (bicyclic) bond motifs is 1. The standard InChI is InChI=1S/C11H11N3O3/c1-5-13-7-3-2-6(4-8(7)14-5)10(15)9(12)11(16)17/h2-4,9H,12H2,1H3,(H,13,14)(H,16,17). The Balaban J connectivity index is 2.42. The van der Waals surface area contributed by atoms with Gasteiger partial charge in [-0.25, -0.2) is 4.98 Å². The summed E-state index contributed by atoms with van der Waals surface area (Å²) in [5, 5.41) is 8.67. The molecule has 1 atom stereocenters. The Kier molecular flexibility index (Phi) is 2.64. The van der Waals surface area contributed by atoms with E-state index in [1.54, 1.807) is 19.1 Å². The maximum atomic E-state index is 11.7. The molecule has 0 aliphatic heterocycles. The molecule has 0 fully saturated rings. The molecule has 0 radical (unpaired) electrons. The number of aryl methyl sites for hydroxylation is 1. The lowest BCUT2D eigenvalue weighted by atomic mass is 10.0. The summed E-state index contributed by atoms with van der Waals surface area (Å²) in [4.78, 5) is 29.5. The van der Waals surface area contributed by atoms with Gasteiger partial charge in [-0.1, -0.05) is 0 Å². The number of carbonyl (C=O) groups is 2. The molecule has 6 nitrogen and oxygen atoms in total. The summed E-state index contributed by atoms with van der Waals surface area (Å²) in [5.74, 6) is -1.23. The van der Waals surface area contributed by atoms with Crippen molar-refractivity contribution in [3.8, 4) is 0 Å². The number of imidazole rings is 1. The first-order valence-electron chi connectivity index (χ1n) is 4.98. The van der Waals surface area contributed by atoms with Crippen LogP contribution in [0.4, 0.5) is 0 Å². The molecule has 0 aliphatic rings. The number of H-pyrrole nitrogens is 1. The molecule has 6 heteroatoms. The third-order valence-corrected chi connectivity index (χ3v) is 2.43. The minimum Gasteiger partial charge on any atom is -0.480 e. The fourth-order valence-corrected chi connectivity index (χ4v) is 1.58. The first kappa shape index (κ1) is 11.3. The quantitative estimate of drug-likeness (QED) is 0.527. The number of hydrogen-bond acceptors (Lipinski definition) is 4. The lowest BCUT2D eigenvalue weighted by Crippen LogP contribution is -2.38. The van der Waals surface area contributed by atoms with E-state index in [4.69, 9.17) is 10.8 Å². The summed E-state index contributed by atoms with van der Waals surface area (Å²) in [6.07, 6.45) is 0. The van der Waals surface area contributed by atoms with Crippen LogP contribution in [0.5, 0.6) is 0 Å². The summed E-state index contributed by atoms with van der Waals surface area (Å²) >= 11 is 0. The maximum Gasteiger partial charge on any atom is 0.328 e. The highest BCUT2D eigenvalue weighted by Gasteiger charge is 2.22. The number of carbonyl (C=O) groups excluding carboxylic acids is 1. The highest BCUT2D eigenvalue weighted by atomic mass is 16.4. The molecule has 0 saturated carbocycles. The fraction of sp³-hybridized carbons (Fsp3) is 0.182. The Morgan fingerprint density at radius 3 is 2.82 bits per heavy atom. The molecule has 0 amide bonds. The number of nitrogens with zero attached hydrogens (tertiary/aromatic N) is 1. The molecule has 2 rings (SSSR count). The molecule has 1 heterocycles. The van der Waals surface area contributed by atoms with Gasteiger partial charge < -0.3 is 15.8 Å². The number of carboxylic acid groups (broad SMARTS) is 1. The van der Waals surface area contributed by atoms with Gasteiger partial charge in [-0.2, -0.15) is 0 Å². The zero-order valence-electron chi connectivity index (χ0n) is 9.10. The summed E-state index contributed by atoms with van der Waals surface area (Å²) in [5.41, 5.74) is 6.94. The van der Waals surface area contributed by atoms with Crippen LogP contribution >= 0.6 is 0 Å². The van der Waals surface area contributed by atoms with Gasteiger partial charge in [0.05, 0.1) is 11.0 Å². The number of nitrogens with two attached hydrogens (primary N) is 1. The van der Waals surface area contributed by atoms with Gasteiger partial charge in [0.1, 0.15) is 5.82 Å². The number of rotatable bonds is 3. The minimum atomic E-state index is -1.53. The Hall–Kier alpha value is -2.21. The number of Topliss-reactive ketones (excluding diaryl/α,β-unsaturated/α-hetero) is 1. The number of aromatic amines is 1. The molecule has 0 spiro atoms. The largest absolute Gasteiger partial charge is 0.480 e. The normalized spacial score (nSPS) is 12.6. The van der Waals surface area contributed by atoms with Crippen molar-refractivity contribution in [3.63, 3.8) is 0 Å². The number of hydrogen-bond donors (Lipinski definition) is 3. The Labute approximate surface area is 96.5 Å². The number of aliphatic carboxylic acids is 1. The Morgan fingerprint density at radius 1 is 1.47 bits per heavy atom. The van der Waals surface area contributed by atoms with Crippen molar-refractivity contribution in [3.05, 3.63) is 29.6 Å². The van der Waals surface area contributed by atoms with Gasteiger partial charge in [0.2, 0.25) is 0 Å². The molecular formula is C11H11N3O3. The van der Waals surface area contributed by atoms with Crippen molar-refractivity contribution in [2.24, 2.45) is 5.73 Å². The lowest BCUT2D eigenvalue weighted by molar-refractivity contribution is -0.137. The maximum absolute atomic E-state index is 11.7. The fourth-order valence-electron chi connectivity index (χ4n) is 1.58. The number of aromatic nitrogens is 2. The zero-order chi connectivity index (χ0) is 12.6. The molecule has 1 unspecified atom stereocenters. The third-order valence-electron chi connectivity index (χ3n) is 2.43. The van der Waals surface area contributed by atoms with Crippen LogP contribution < -0.4 is 5.73 Å². The van der Waals surface area contributed by atoms with E-state index in [-0.39, 0.29) is 5.56 Å². The highest BCUT2D eigenvalue weighted by Crippen LogP contribution is 2.14. The van der Waals surface area contributed by atoms with Crippen LogP contribution in [0.3, 0.4) is 0 Å². The van der Waals surface area contributed by atoms with Crippen LogP contribution in [0.25, 0.3) is 11.0 Å². The molecular weight excluding hydrogens is 222 g/mol. The van der Waals surface area contributed by atoms with Crippen LogP contribution in [0.2, 0.25) is 0 Å². The first-order chi connectivity index (χ1) is 7.99. The number of carboxylic acids is 1. The molecule has 2 aromatic rings. The predicted molar refractivity (Wildman–Crippen MR) is 60.8 cm³/mol. The molecule has 0 bridgehead atoms. The van der Waals surface area contributed by atoms with Gasteiger partial charge in [0.25, 0.3) is 0 Å². The van der Waals surface area contributed by atoms with Crippen LogP contribution in [-0.2, 0) is 4.79 Å². The Bertz CT molecular complexity index is 603. The van der Waals surface area contributed by atoms with Crippen molar-refractivity contribution in [1.29, 1.82) is 0 Å². The number of benzene rings is 1. The van der Waals surface area contributed by atoms with Gasteiger partial charge in [0, 0.05) is 5.56 Å². The van der Waals surface area contributed by atoms with Gasteiger partial charge in [-0.3, -0.25) is 9.59 Å². The zero-order valence-corrected chi connectivity index (χ0v) is 9.10. The van der Waals surface area contributed by atoms with Crippen LogP contribution in [0.15, 0.2) is 18.2 Å². The lowest BCUT2D eigenvalue weighted by Gasteiger charge is -2.04. The van der Waals surface area contributed by atoms with Crippen molar-refractivity contribution in [1.82, 2.24) is 9.97 Å². The van der Waals surface area contributed by atoms with Crippen molar-refractivity contribution in [2.75, 3.05) is 0 Å². The van der Waals surface area contributed by atoms with E-state index in [1.165, 1.54) is 6.07 Å². The van der Waals surface area contributed by atoms with E-state index in [9.17, 15) is 9.59 Å². The molecule has 17 heavy (non-hydrogen) atoms. The molecule has 1 aromatic heterocycles. The van der Waals surface area contributed by atoms with Crippen LogP contribution in [-0.4, -0.2) is 32.9 Å². The van der Waals surface area contributed by atoms with Crippen molar-refractivity contribution >= 4 is 22.8 Å². The van der Waals surface area contributed by atoms with E-state index in [0.29, 0.717) is 5.52 Å². The van der Waals surface area contributed by atoms with Gasteiger partial charge >= 0.3 is 5.97 Å². The second kappa shape index (κ2) is 3.99. The van der Waals surface area contributed by atoms with Crippen LogP contribution in [0, 0.1) is 6.92 Å². The van der Waals surface area contributed by atoms with Crippen molar-refractivity contribution in [2.45, 2.75) is 13.0 Å². The average Bonchev–Trinajstić information content (AvgIpc) is 2.65. The van der Waals surface area contributed by atoms with Gasteiger partial charge in [-0.15, -0.1) is 0 Å². The van der Waals surface area contributed by atoms with Crippen LogP contribution in [0.1, 0.15) is 16.2 Å². The SMILES string of the molecule is Cc1nc2ccc(C(=O)C(N)C(=O)O)cc2[nH]1. The number of ketones is 1. The smallest absolute Gasteiger partial charge is 0.328 e. The van der Waals surface area contributed by atoms with Gasteiger partial charge in [0.15, 0.2) is 11.8 Å². The third kappa shape index (κ3) is 2.02. The summed E-state index contributed by atoms with van der Waals surface area (Å²) in [6, 6.07) is 3.20. The Morgan fingerprint density at radius 2 is 2.18 bits per heavy atom. The predicted octanol–water partition coefficient (Wildman–Crippen LogP) is 0.466. The molecule has 0 saturated heterocycles. The first-order valence-corrected chi connectivity index (χ1v) is 4.98. The monoisotopic (exact) mass is 233 g/mol. The average molecular weight is 233 g/mol. The summed E-state index contributed by atoms with van der Waals surface area (Å²) in [7, 11) is 0. The summed E-state index contributed by atoms with van der Waals surface area (Å²) in [6.45, 7) is 1.80. The second-order valence-corrected chi connectivity index (χ2v) is 3.73. The second-order valence-electron chi connectivity index (χ2n) is 3.73. The highest BCUT2D eigenvalue weighted by molar-refractivity contribution is 6.12. The molecule has 0 aliphatic carbocycles. The van der Waals surface area contributed by atoms with E-state index in [0.717, 1.165) is 11.3 Å². The van der Waals surface area contributed by atoms with Gasteiger partial charge in [-0.05, 0) is 25.1 Å². The molecule has 88 valence electrons. The summed E-state index contributed by atoms with van der Waals surface area (Å²) < 4.78 is 0. The van der Waals surface area contributed by atoms with E-state index in [1.807, 2.05) is 0 Å². The number of nitrogens with one attached hydrogen (secondary N) is 1.